The molecule has 0 fully saturated rings. The molecule has 0 aliphatic carbocycles. The van der Waals surface area contributed by atoms with E-state index in [9.17, 15) is 9.50 Å². The number of para-hydroxylation sites is 2. The predicted octanol–water partition coefficient (Wildman–Crippen LogP) is 21.6. The number of aromatic hydroxyl groups is 1. The van der Waals surface area contributed by atoms with Crippen LogP contribution in [0, 0.1) is 5.82 Å². The Morgan fingerprint density at radius 2 is 0.811 bits per heavy atom. The molecule has 0 amide bonds. The summed E-state index contributed by atoms with van der Waals surface area (Å²) in [6.45, 7) is 2.00. The molecule has 0 aliphatic heterocycles. The van der Waals surface area contributed by atoms with Crippen LogP contribution in [0.1, 0.15) is 0 Å². The van der Waals surface area contributed by atoms with Crippen LogP contribution in [0.4, 0.5) is 4.39 Å². The van der Waals surface area contributed by atoms with E-state index < -0.39 is 0 Å². The van der Waals surface area contributed by atoms with Gasteiger partial charge in [-0.15, -0.1) is 34.0 Å². The average Bonchev–Trinajstić information content (AvgIpc) is 2.51. The van der Waals surface area contributed by atoms with Gasteiger partial charge in [-0.3, -0.25) is 24.9 Å². The number of hydrogen-bond acceptors (Lipinski definition) is 12. The van der Waals surface area contributed by atoms with E-state index in [1.54, 1.807) is 82.0 Å². The van der Waals surface area contributed by atoms with Crippen LogP contribution < -0.4 is 0 Å². The molecule has 16 rings (SSSR count). The molecule has 9 heterocycles. The fraction of sp³-hybridized carbons (Fsp3) is 0. The SMILES string of the molecule is C=O.Fc1ccc(-c2ccccn2)cc1.Oc1cccc2cccnc12.c1ccc(-c2cc3ccccc3s2)nc1.c1ccc(-c2ccccn2)cc1.c1ccc(-c2cccs2)nc1.c1ccc(-c2nc3ccccc3s2)cc1.c1ccccc1.c1ccsc1. The molecule has 16 aromatic rings. The Balaban J connectivity index is 0.000000134. The van der Waals surface area contributed by atoms with E-state index in [0.29, 0.717) is 5.52 Å². The number of benzene rings is 7. The second-order valence-corrected chi connectivity index (χ2v) is 22.4. The number of pyridine rings is 5. The smallest absolute Gasteiger partial charge is 0.141 e. The summed E-state index contributed by atoms with van der Waals surface area (Å²) in [4.78, 5) is 36.1. The first-order valence-corrected chi connectivity index (χ1v) is 31.7. The maximum Gasteiger partial charge on any atom is 0.141 e. The number of carbonyl (C=O) groups is 1. The van der Waals surface area contributed by atoms with Crippen LogP contribution in [0.15, 0.2) is 350 Å². The van der Waals surface area contributed by atoms with Crippen LogP contribution >= 0.6 is 45.3 Å². The Morgan fingerprint density at radius 1 is 0.344 bits per heavy atom. The number of thiazole rings is 1. The highest BCUT2D eigenvalue weighted by Gasteiger charge is 2.06. The standard InChI is InChI=1S/2C13H9NS.C11H8FN.C11H9N.C9H7NO.C9H7NS.C6H6.C4H4S.CH2O/c1-2-7-12-10(5-1)9-13(15-12)11-6-3-4-8-14-11;1-2-6-10(7-3-1)13-14-11-8-4-5-9-12(11)15-13;12-10-6-4-9(5-7-10)11-3-1-2-8-13-11;1-2-6-10(7-3-1)11-8-4-5-9-12-11;11-8-5-1-3-7-4-2-6-10-9(7)8;1-2-6-10-8(4-1)9-5-3-7-11-9;1-2-4-6-5-3-1;1-2-4-5-3-1;1-2/h2*1-9H;1-8H;1-9H;1-6,11H;1-7H;1-6H;1-4H;1H2. The highest BCUT2D eigenvalue weighted by molar-refractivity contribution is 7.22. The average molecular weight is 1250 g/mol. The molecule has 9 aromatic heterocycles. The van der Waals surface area contributed by atoms with E-state index in [2.05, 4.69) is 114 Å². The Bertz CT molecular complexity index is 4200. The van der Waals surface area contributed by atoms with Crippen molar-refractivity contribution >= 4 is 83.3 Å². The quantitative estimate of drug-likeness (QED) is 0.181. The van der Waals surface area contributed by atoms with Gasteiger partial charge in [-0.2, -0.15) is 11.3 Å². The molecule has 13 heteroatoms. The Hall–Kier alpha value is -10.8. The molecule has 0 unspecified atom stereocenters. The van der Waals surface area contributed by atoms with Crippen molar-refractivity contribution in [1.82, 2.24) is 29.9 Å². The Morgan fingerprint density at radius 3 is 1.32 bits per heavy atom. The van der Waals surface area contributed by atoms with Gasteiger partial charge in [0.05, 0.1) is 42.7 Å². The maximum atomic E-state index is 12.6. The summed E-state index contributed by atoms with van der Waals surface area (Å²) in [6, 6.07) is 98.4. The van der Waals surface area contributed by atoms with Crippen LogP contribution in [-0.2, 0) is 4.79 Å². The van der Waals surface area contributed by atoms with Crippen molar-refractivity contribution in [2.45, 2.75) is 0 Å². The summed E-state index contributed by atoms with van der Waals surface area (Å²) in [7, 11) is 0. The summed E-state index contributed by atoms with van der Waals surface area (Å²) >= 11 is 6.95. The normalized spacial score (nSPS) is 9.74. The van der Waals surface area contributed by atoms with Gasteiger partial charge in [-0.25, -0.2) is 9.37 Å². The zero-order chi connectivity index (χ0) is 62.5. The maximum absolute atomic E-state index is 12.6. The Labute approximate surface area is 540 Å². The number of phenols is 1. The minimum Gasteiger partial charge on any atom is -0.506 e. The van der Waals surface area contributed by atoms with E-state index in [4.69, 9.17) is 4.79 Å². The summed E-state index contributed by atoms with van der Waals surface area (Å²) in [5.41, 5.74) is 9.04. The third-order valence-corrected chi connectivity index (χ3v) is 16.1. The monoisotopic (exact) mass is 1250 g/mol. The molecule has 0 spiro atoms. The van der Waals surface area contributed by atoms with Crippen molar-refractivity contribution in [3.8, 4) is 60.0 Å². The van der Waals surface area contributed by atoms with Gasteiger partial charge in [-0.1, -0.05) is 188 Å². The molecule has 0 bridgehead atoms. The largest absolute Gasteiger partial charge is 0.506 e. The lowest BCUT2D eigenvalue weighted by atomic mass is 10.1. The predicted molar refractivity (Wildman–Crippen MR) is 378 cm³/mol. The van der Waals surface area contributed by atoms with Gasteiger partial charge < -0.3 is 9.90 Å². The van der Waals surface area contributed by atoms with Crippen LogP contribution in [-0.4, -0.2) is 41.8 Å². The second kappa shape index (κ2) is 37.7. The molecule has 442 valence electrons. The fourth-order valence-corrected chi connectivity index (χ4v) is 11.3. The lowest BCUT2D eigenvalue weighted by molar-refractivity contribution is -0.0980. The minimum absolute atomic E-state index is 0.223. The van der Waals surface area contributed by atoms with Gasteiger partial charge in [0.2, 0.25) is 0 Å². The molecule has 0 aliphatic rings. The third kappa shape index (κ3) is 21.6. The summed E-state index contributed by atoms with van der Waals surface area (Å²) in [5, 5.41) is 18.8. The van der Waals surface area contributed by atoms with Crippen molar-refractivity contribution in [3.05, 3.63) is 356 Å². The number of thiophene rings is 3. The molecule has 0 atom stereocenters. The number of hydrogen-bond donors (Lipinski definition) is 1. The van der Waals surface area contributed by atoms with E-state index in [1.807, 2.05) is 224 Å². The molecule has 1 N–H and O–H groups in total. The van der Waals surface area contributed by atoms with Crippen LogP contribution in [0.5, 0.6) is 5.75 Å². The Kier molecular flexibility index (Phi) is 27.3. The van der Waals surface area contributed by atoms with Gasteiger partial charge >= 0.3 is 0 Å². The number of halogens is 1. The topological polar surface area (TPSA) is 115 Å². The van der Waals surface area contributed by atoms with E-state index in [1.165, 1.54) is 42.2 Å². The van der Waals surface area contributed by atoms with Crippen LogP contribution in [0.3, 0.4) is 0 Å². The first-order valence-electron chi connectivity index (χ1n) is 28.2. The third-order valence-electron chi connectivity index (χ3n) is 12.3. The van der Waals surface area contributed by atoms with Crippen molar-refractivity contribution in [1.29, 1.82) is 0 Å². The van der Waals surface area contributed by atoms with Gasteiger partial charge in [0, 0.05) is 57.8 Å². The molecule has 7 aromatic carbocycles. The molecular formula is C77H61FN6O2S4. The fourth-order valence-electron chi connectivity index (χ4n) is 8.12. The zero-order valence-electron chi connectivity index (χ0n) is 48.7. The van der Waals surface area contributed by atoms with E-state index in [-0.39, 0.29) is 11.6 Å². The van der Waals surface area contributed by atoms with Crippen molar-refractivity contribution in [2.75, 3.05) is 0 Å². The molecular weight excluding hydrogens is 1190 g/mol. The number of fused-ring (bicyclic) bond motifs is 3. The van der Waals surface area contributed by atoms with Gasteiger partial charge in [-0.05, 0) is 137 Å². The van der Waals surface area contributed by atoms with Crippen molar-refractivity contribution < 1.29 is 14.3 Å². The summed E-state index contributed by atoms with van der Waals surface area (Å²) in [5.74, 6) is 0.0165. The van der Waals surface area contributed by atoms with Crippen molar-refractivity contribution in [2.24, 2.45) is 0 Å². The van der Waals surface area contributed by atoms with E-state index in [0.717, 1.165) is 49.8 Å². The molecule has 8 nitrogen and oxygen atoms in total. The van der Waals surface area contributed by atoms with Crippen LogP contribution in [0.2, 0.25) is 0 Å². The van der Waals surface area contributed by atoms with Crippen molar-refractivity contribution in [3.63, 3.8) is 0 Å². The summed E-state index contributed by atoms with van der Waals surface area (Å²) < 4.78 is 15.1. The lowest BCUT2D eigenvalue weighted by Gasteiger charge is -1.98. The van der Waals surface area contributed by atoms with Crippen LogP contribution in [0.25, 0.3) is 85.4 Å². The number of carbonyl (C=O) groups excluding carboxylic acids is 1. The highest BCUT2D eigenvalue weighted by atomic mass is 32.1. The molecule has 90 heavy (non-hydrogen) atoms. The summed E-state index contributed by atoms with van der Waals surface area (Å²) in [6.07, 6.45) is 8.85. The van der Waals surface area contributed by atoms with Gasteiger partial charge in [0.25, 0.3) is 0 Å². The molecule has 0 radical (unpaired) electrons. The van der Waals surface area contributed by atoms with Gasteiger partial charge in [0.1, 0.15) is 28.9 Å². The first-order chi connectivity index (χ1) is 44.5. The number of aromatic nitrogens is 6. The van der Waals surface area contributed by atoms with Gasteiger partial charge in [0.15, 0.2) is 0 Å². The zero-order valence-corrected chi connectivity index (χ0v) is 52.0. The number of phenolic OH excluding ortho intramolecular Hbond substituents is 1. The number of nitrogens with zero attached hydrogens (tertiary/aromatic N) is 6. The second-order valence-electron chi connectivity index (χ2n) is 18.5. The molecule has 0 saturated carbocycles. The lowest BCUT2D eigenvalue weighted by Crippen LogP contribution is -1.81. The minimum atomic E-state index is -0.223. The first kappa shape index (κ1) is 65.2. The number of rotatable bonds is 5. The van der Waals surface area contributed by atoms with E-state index >= 15 is 0 Å². The molecule has 0 saturated heterocycles. The highest BCUT2D eigenvalue weighted by Crippen LogP contribution is 2.32.